The second kappa shape index (κ2) is 9.55. The SMILES string of the molecule is CCC(C)NC(=O)C1CCCN(c2nc3ccccc3n(Cc3ccc(C)cc3)c2=O)C1. The van der Waals surface area contributed by atoms with Gasteiger partial charge in [-0.05, 0) is 50.8 Å². The second-order valence-electron chi connectivity index (χ2n) is 8.90. The summed E-state index contributed by atoms with van der Waals surface area (Å²) in [6.45, 7) is 7.88. The van der Waals surface area contributed by atoms with Crippen LogP contribution < -0.4 is 15.8 Å². The van der Waals surface area contributed by atoms with Crippen LogP contribution in [0.15, 0.2) is 53.3 Å². The lowest BCUT2D eigenvalue weighted by atomic mass is 9.96. The molecule has 0 aliphatic carbocycles. The molecular weight excluding hydrogens is 400 g/mol. The number of aromatic nitrogens is 2. The predicted molar refractivity (Wildman–Crippen MR) is 129 cm³/mol. The number of para-hydroxylation sites is 2. The molecule has 1 N–H and O–H groups in total. The molecule has 2 aromatic carbocycles. The van der Waals surface area contributed by atoms with Crippen LogP contribution in [0, 0.1) is 12.8 Å². The molecule has 0 spiro atoms. The number of hydrogen-bond acceptors (Lipinski definition) is 4. The van der Waals surface area contributed by atoms with E-state index in [1.165, 1.54) is 5.56 Å². The van der Waals surface area contributed by atoms with Crippen molar-refractivity contribution >= 4 is 22.8 Å². The third-order valence-corrected chi connectivity index (χ3v) is 6.39. The quantitative estimate of drug-likeness (QED) is 0.642. The van der Waals surface area contributed by atoms with Crippen molar-refractivity contribution in [3.8, 4) is 0 Å². The highest BCUT2D eigenvalue weighted by atomic mass is 16.2. The van der Waals surface area contributed by atoms with Gasteiger partial charge in [-0.25, -0.2) is 4.98 Å². The first-order valence-corrected chi connectivity index (χ1v) is 11.6. The zero-order chi connectivity index (χ0) is 22.7. The van der Waals surface area contributed by atoms with Crippen molar-refractivity contribution in [2.75, 3.05) is 18.0 Å². The molecule has 2 atom stereocenters. The number of carbonyl (C=O) groups is 1. The fraction of sp³-hybridized carbons (Fsp3) is 0.423. The summed E-state index contributed by atoms with van der Waals surface area (Å²) in [6, 6.07) is 16.2. The van der Waals surface area contributed by atoms with E-state index in [1.807, 2.05) is 40.7 Å². The zero-order valence-electron chi connectivity index (χ0n) is 19.2. The molecule has 1 amide bonds. The van der Waals surface area contributed by atoms with E-state index in [2.05, 4.69) is 43.4 Å². The van der Waals surface area contributed by atoms with E-state index < -0.39 is 0 Å². The van der Waals surface area contributed by atoms with Crippen LogP contribution in [0.4, 0.5) is 5.82 Å². The molecule has 168 valence electrons. The molecule has 4 rings (SSSR count). The number of carbonyl (C=O) groups excluding carboxylic acids is 1. The molecule has 3 aromatic rings. The largest absolute Gasteiger partial charge is 0.353 e. The summed E-state index contributed by atoms with van der Waals surface area (Å²) in [5.74, 6) is 0.387. The van der Waals surface area contributed by atoms with Gasteiger partial charge < -0.3 is 10.2 Å². The molecule has 1 aliphatic rings. The van der Waals surface area contributed by atoms with Crippen molar-refractivity contribution in [3.63, 3.8) is 0 Å². The van der Waals surface area contributed by atoms with Gasteiger partial charge in [0, 0.05) is 19.1 Å². The fourth-order valence-corrected chi connectivity index (χ4v) is 4.26. The molecule has 6 heteroatoms. The van der Waals surface area contributed by atoms with Crippen LogP contribution in [0.2, 0.25) is 0 Å². The van der Waals surface area contributed by atoms with Crippen LogP contribution >= 0.6 is 0 Å². The van der Waals surface area contributed by atoms with Crippen LogP contribution in [-0.4, -0.2) is 34.6 Å². The molecule has 1 saturated heterocycles. The number of nitrogens with zero attached hydrogens (tertiary/aromatic N) is 3. The number of piperidine rings is 1. The van der Waals surface area contributed by atoms with Gasteiger partial charge in [0.15, 0.2) is 5.82 Å². The maximum atomic E-state index is 13.6. The Balaban J connectivity index is 1.68. The van der Waals surface area contributed by atoms with Crippen LogP contribution in [0.3, 0.4) is 0 Å². The van der Waals surface area contributed by atoms with Gasteiger partial charge in [-0.2, -0.15) is 0 Å². The molecule has 2 heterocycles. The average molecular weight is 433 g/mol. The molecule has 1 fully saturated rings. The van der Waals surface area contributed by atoms with Crippen LogP contribution in [0.1, 0.15) is 44.2 Å². The molecule has 0 bridgehead atoms. The van der Waals surface area contributed by atoms with Crippen molar-refractivity contribution in [1.82, 2.24) is 14.9 Å². The lowest BCUT2D eigenvalue weighted by Crippen LogP contribution is -2.47. The molecule has 0 radical (unpaired) electrons. The van der Waals surface area contributed by atoms with Gasteiger partial charge in [0.1, 0.15) is 0 Å². The fourth-order valence-electron chi connectivity index (χ4n) is 4.26. The smallest absolute Gasteiger partial charge is 0.294 e. The Morgan fingerprint density at radius 2 is 1.94 bits per heavy atom. The number of hydrogen-bond donors (Lipinski definition) is 1. The van der Waals surface area contributed by atoms with Crippen molar-refractivity contribution in [3.05, 3.63) is 70.0 Å². The normalized spacial score (nSPS) is 17.3. The summed E-state index contributed by atoms with van der Waals surface area (Å²) in [4.78, 5) is 33.1. The monoisotopic (exact) mass is 432 g/mol. The number of nitrogens with one attached hydrogen (secondary N) is 1. The lowest BCUT2D eigenvalue weighted by molar-refractivity contribution is -0.125. The highest BCUT2D eigenvalue weighted by Crippen LogP contribution is 2.22. The topological polar surface area (TPSA) is 67.2 Å². The molecule has 1 aliphatic heterocycles. The Labute approximate surface area is 189 Å². The predicted octanol–water partition coefficient (Wildman–Crippen LogP) is 3.88. The van der Waals surface area contributed by atoms with Crippen molar-refractivity contribution in [2.45, 2.75) is 52.6 Å². The van der Waals surface area contributed by atoms with Crippen molar-refractivity contribution in [2.24, 2.45) is 5.92 Å². The summed E-state index contributed by atoms with van der Waals surface area (Å²) in [5.41, 5.74) is 3.78. The lowest BCUT2D eigenvalue weighted by Gasteiger charge is -2.33. The van der Waals surface area contributed by atoms with Crippen LogP contribution in [0.5, 0.6) is 0 Å². The first-order valence-electron chi connectivity index (χ1n) is 11.6. The molecule has 1 aromatic heterocycles. The molecule has 0 saturated carbocycles. The van der Waals surface area contributed by atoms with Gasteiger partial charge in [-0.15, -0.1) is 0 Å². The van der Waals surface area contributed by atoms with E-state index in [9.17, 15) is 9.59 Å². The Kier molecular flexibility index (Phi) is 6.58. The number of aryl methyl sites for hydroxylation is 1. The van der Waals surface area contributed by atoms with E-state index in [1.54, 1.807) is 0 Å². The van der Waals surface area contributed by atoms with Crippen LogP contribution in [-0.2, 0) is 11.3 Å². The summed E-state index contributed by atoms with van der Waals surface area (Å²) < 4.78 is 1.81. The summed E-state index contributed by atoms with van der Waals surface area (Å²) in [5, 5.41) is 3.09. The standard InChI is InChI=1S/C26H32N4O2/c1-4-19(3)27-25(31)21-8-7-15-29(17-21)24-26(32)30(16-20-13-11-18(2)12-14-20)23-10-6-5-9-22(23)28-24/h5-6,9-14,19,21H,4,7-8,15-17H2,1-3H3,(H,27,31). The number of anilines is 1. The van der Waals surface area contributed by atoms with Gasteiger partial charge in [-0.3, -0.25) is 14.2 Å². The maximum Gasteiger partial charge on any atom is 0.294 e. The summed E-state index contributed by atoms with van der Waals surface area (Å²) in [7, 11) is 0. The number of benzene rings is 2. The minimum atomic E-state index is -0.129. The summed E-state index contributed by atoms with van der Waals surface area (Å²) >= 11 is 0. The Hall–Kier alpha value is -3.15. The minimum absolute atomic E-state index is 0.0739. The molecule has 2 unspecified atom stereocenters. The van der Waals surface area contributed by atoms with E-state index in [0.717, 1.165) is 42.4 Å². The van der Waals surface area contributed by atoms with Gasteiger partial charge in [0.2, 0.25) is 5.91 Å². The molecule has 32 heavy (non-hydrogen) atoms. The first kappa shape index (κ1) is 22.1. The zero-order valence-corrected chi connectivity index (χ0v) is 19.2. The highest BCUT2D eigenvalue weighted by Gasteiger charge is 2.29. The van der Waals surface area contributed by atoms with Crippen molar-refractivity contribution < 1.29 is 4.79 Å². The van der Waals surface area contributed by atoms with Gasteiger partial charge in [0.05, 0.1) is 23.5 Å². The third-order valence-electron chi connectivity index (χ3n) is 6.39. The number of amides is 1. The minimum Gasteiger partial charge on any atom is -0.353 e. The van der Waals surface area contributed by atoms with E-state index in [0.29, 0.717) is 18.9 Å². The first-order chi connectivity index (χ1) is 15.5. The Morgan fingerprint density at radius 3 is 2.69 bits per heavy atom. The van der Waals surface area contributed by atoms with E-state index >= 15 is 0 Å². The van der Waals surface area contributed by atoms with E-state index in [-0.39, 0.29) is 23.4 Å². The second-order valence-corrected chi connectivity index (χ2v) is 8.90. The highest BCUT2D eigenvalue weighted by molar-refractivity contribution is 5.80. The number of fused-ring (bicyclic) bond motifs is 1. The van der Waals surface area contributed by atoms with E-state index in [4.69, 9.17) is 4.98 Å². The van der Waals surface area contributed by atoms with Gasteiger partial charge in [-0.1, -0.05) is 48.9 Å². The Morgan fingerprint density at radius 1 is 1.19 bits per heavy atom. The van der Waals surface area contributed by atoms with Crippen LogP contribution in [0.25, 0.3) is 11.0 Å². The van der Waals surface area contributed by atoms with Crippen molar-refractivity contribution in [1.29, 1.82) is 0 Å². The van der Waals surface area contributed by atoms with Gasteiger partial charge in [0.25, 0.3) is 5.56 Å². The Bertz CT molecular complexity index is 1150. The number of rotatable bonds is 6. The molecule has 6 nitrogen and oxygen atoms in total. The van der Waals surface area contributed by atoms with Gasteiger partial charge >= 0.3 is 0 Å². The average Bonchev–Trinajstić information content (AvgIpc) is 2.82. The molecular formula is C26H32N4O2. The summed E-state index contributed by atoms with van der Waals surface area (Å²) in [6.07, 6.45) is 2.60. The third kappa shape index (κ3) is 4.69. The maximum absolute atomic E-state index is 13.6.